The van der Waals surface area contributed by atoms with E-state index in [2.05, 4.69) is 52.4 Å². The number of pyridine rings is 3. The average Bonchev–Trinajstić information content (AvgIpc) is 3.45. The van der Waals surface area contributed by atoms with E-state index in [0.717, 1.165) is 50.2 Å². The van der Waals surface area contributed by atoms with Crippen LogP contribution < -0.4 is 0 Å². The van der Waals surface area contributed by atoms with Crippen LogP contribution in [0.3, 0.4) is 0 Å². The number of hydrogen-bond donors (Lipinski definition) is 0. The molecule has 0 radical (unpaired) electrons. The first-order valence-corrected chi connectivity index (χ1v) is 22.0. The third-order valence-corrected chi connectivity index (χ3v) is 11.8. The minimum Gasteiger partial charge on any atom is -0.256 e. The maximum atomic E-state index is 9.63. The Labute approximate surface area is 403 Å². The lowest BCUT2D eigenvalue weighted by molar-refractivity contribution is 0.913. The molecule has 0 aliphatic rings. The van der Waals surface area contributed by atoms with Crippen LogP contribution in [0.25, 0.3) is 78.3 Å². The molecule has 0 bridgehead atoms. The number of nitrogens with zero attached hydrogens (tertiary/aromatic N) is 3. The van der Waals surface area contributed by atoms with Gasteiger partial charge in [0.05, 0.1) is 17.1 Å². The number of hydrogen-bond acceptors (Lipinski definition) is 3. The lowest BCUT2D eigenvalue weighted by atomic mass is 9.87. The van der Waals surface area contributed by atoms with Gasteiger partial charge in [0.25, 0.3) is 0 Å². The molecule has 3 nitrogen and oxygen atoms in total. The first-order chi connectivity index (χ1) is 36.4. The molecule has 0 saturated carbocycles. The van der Waals surface area contributed by atoms with Gasteiger partial charge >= 0.3 is 0 Å². The van der Waals surface area contributed by atoms with Crippen molar-refractivity contribution >= 4 is 0 Å². The van der Waals surface area contributed by atoms with E-state index in [1.807, 2.05) is 152 Å². The van der Waals surface area contributed by atoms with Gasteiger partial charge in [0, 0.05) is 54.6 Å². The number of rotatable bonds is 13. The summed E-state index contributed by atoms with van der Waals surface area (Å²) in [6.07, 6.45) is -0.710. The lowest BCUT2D eigenvalue weighted by Crippen LogP contribution is -2.01. The summed E-state index contributed by atoms with van der Waals surface area (Å²) in [5.41, 5.74) is 11.3. The summed E-state index contributed by atoms with van der Waals surface area (Å²) in [6.45, 7) is -5.38. The van der Waals surface area contributed by atoms with Crippen molar-refractivity contribution in [2.45, 2.75) is 39.3 Å². The van der Waals surface area contributed by atoms with Crippen molar-refractivity contribution in [3.63, 3.8) is 0 Å². The van der Waals surface area contributed by atoms with E-state index in [-0.39, 0.29) is 35.1 Å². The summed E-state index contributed by atoms with van der Waals surface area (Å²) in [5.74, 6) is 0. The standard InChI is InChI=1S/C63H51N3/c1-44-35-61(51-19-9-4-10-20-51)64-41-54(44)29-27-46-37-47(28-30-55-42-65-62(36-45(55)2)52-21-11-5-12-22-52)39-56(38-46)57-25-15-16-26-58(57)60-43-66-63(53-23-13-6-14-24-53)40-59(60)50-33-31-49(32-34-50)48-17-7-3-8-18-48/h3-26,31-43H,27-30H2,1-2H3/i1D3,2D3,29D2,30D2. The van der Waals surface area contributed by atoms with Gasteiger partial charge in [-0.1, -0.05) is 188 Å². The lowest BCUT2D eigenvalue weighted by Gasteiger charge is -2.18. The van der Waals surface area contributed by atoms with Crippen LogP contribution in [0, 0.1) is 13.7 Å². The number of aryl methyl sites for hydroxylation is 6. The van der Waals surface area contributed by atoms with Crippen LogP contribution in [0.1, 0.15) is 47.1 Å². The highest BCUT2D eigenvalue weighted by atomic mass is 14.7. The van der Waals surface area contributed by atoms with Gasteiger partial charge in [-0.15, -0.1) is 0 Å². The second kappa shape index (κ2) is 19.4. The Balaban J connectivity index is 1.12. The molecule has 0 atom stereocenters. The van der Waals surface area contributed by atoms with E-state index in [9.17, 15) is 5.48 Å². The summed E-state index contributed by atoms with van der Waals surface area (Å²) in [7, 11) is 0. The summed E-state index contributed by atoms with van der Waals surface area (Å²) in [6, 6.07) is 65.0. The maximum absolute atomic E-state index is 9.63. The van der Waals surface area contributed by atoms with Crippen LogP contribution in [0.2, 0.25) is 0 Å². The second-order valence-electron chi connectivity index (χ2n) is 16.2. The minimum atomic E-state index is -2.69. The first kappa shape index (κ1) is 31.8. The van der Waals surface area contributed by atoms with Crippen molar-refractivity contribution in [1.29, 1.82) is 0 Å². The van der Waals surface area contributed by atoms with E-state index in [0.29, 0.717) is 39.2 Å². The monoisotopic (exact) mass is 859 g/mol. The molecule has 7 aromatic carbocycles. The highest BCUT2D eigenvalue weighted by Gasteiger charge is 2.17. The molecule has 0 fully saturated rings. The van der Waals surface area contributed by atoms with Crippen LogP contribution in [-0.4, -0.2) is 15.0 Å². The Morgan fingerprint density at radius 2 is 0.742 bits per heavy atom. The molecule has 0 unspecified atom stereocenters. The highest BCUT2D eigenvalue weighted by Crippen LogP contribution is 2.41. The highest BCUT2D eigenvalue weighted by molar-refractivity contribution is 5.93. The molecule has 0 aliphatic carbocycles. The number of aromatic nitrogens is 3. The zero-order valence-electron chi connectivity index (χ0n) is 46.1. The fraction of sp³-hybridized carbons (Fsp3) is 0.0952. The second-order valence-corrected chi connectivity index (χ2v) is 16.2. The minimum absolute atomic E-state index is 0.0886. The van der Waals surface area contributed by atoms with Crippen molar-refractivity contribution in [3.8, 4) is 78.3 Å². The molecule has 0 saturated heterocycles. The zero-order chi connectivity index (χ0) is 53.2. The van der Waals surface area contributed by atoms with Gasteiger partial charge in [0.15, 0.2) is 0 Å². The smallest absolute Gasteiger partial charge is 0.0708 e. The third-order valence-electron chi connectivity index (χ3n) is 11.8. The van der Waals surface area contributed by atoms with Gasteiger partial charge in [0.2, 0.25) is 0 Å². The van der Waals surface area contributed by atoms with Crippen molar-refractivity contribution in [2.75, 3.05) is 0 Å². The zero-order valence-corrected chi connectivity index (χ0v) is 36.1. The topological polar surface area (TPSA) is 38.7 Å². The van der Waals surface area contributed by atoms with Gasteiger partial charge in [-0.25, -0.2) is 0 Å². The van der Waals surface area contributed by atoms with E-state index in [1.54, 1.807) is 6.07 Å². The predicted molar refractivity (Wildman–Crippen MR) is 275 cm³/mol. The SMILES string of the molecule is [2H]C([2H])([2H])c1cc(-c2ccccc2)ncc1C([2H])([2H])Cc1cc(CC([2H])([2H])c2cnc(-c3ccccc3)cc2C([2H])([2H])[2H])cc(-c2ccccc2-c2cnc(-c3ccccc3)cc2-c2ccc(-c3ccccc3)cc2)c1. The Kier molecular flexibility index (Phi) is 9.33. The van der Waals surface area contributed by atoms with Gasteiger partial charge in [-0.2, -0.15) is 0 Å². The predicted octanol–water partition coefficient (Wildman–Crippen LogP) is 15.7. The summed E-state index contributed by atoms with van der Waals surface area (Å²) in [5, 5.41) is 0. The van der Waals surface area contributed by atoms with Gasteiger partial charge in [0.1, 0.15) is 0 Å². The van der Waals surface area contributed by atoms with Crippen molar-refractivity contribution in [2.24, 2.45) is 0 Å². The maximum Gasteiger partial charge on any atom is 0.0708 e. The Morgan fingerprint density at radius 1 is 0.333 bits per heavy atom. The Bertz CT molecular complexity index is 3530. The van der Waals surface area contributed by atoms with Gasteiger partial charge in [-0.3, -0.25) is 15.0 Å². The molecule has 3 heterocycles. The number of benzene rings is 7. The van der Waals surface area contributed by atoms with E-state index in [4.69, 9.17) is 13.2 Å². The molecule has 3 aromatic heterocycles. The largest absolute Gasteiger partial charge is 0.256 e. The summed E-state index contributed by atoms with van der Waals surface area (Å²) < 4.78 is 89.9. The molecule has 10 rings (SSSR count). The molecule has 3 heteroatoms. The molecule has 0 spiro atoms. The van der Waals surface area contributed by atoms with Crippen LogP contribution in [0.5, 0.6) is 0 Å². The van der Waals surface area contributed by atoms with Crippen LogP contribution in [0.15, 0.2) is 225 Å². The fourth-order valence-electron chi connectivity index (χ4n) is 8.36. The summed E-state index contributed by atoms with van der Waals surface area (Å²) in [4.78, 5) is 14.2. The molecule has 0 N–H and O–H groups in total. The van der Waals surface area contributed by atoms with Crippen molar-refractivity contribution in [3.05, 3.63) is 258 Å². The van der Waals surface area contributed by atoms with Gasteiger partial charge in [-0.05, 0) is 130 Å². The first-order valence-electron chi connectivity index (χ1n) is 27.0. The van der Waals surface area contributed by atoms with Crippen LogP contribution in [0.4, 0.5) is 0 Å². The van der Waals surface area contributed by atoms with Crippen molar-refractivity contribution < 1.29 is 13.7 Å². The van der Waals surface area contributed by atoms with E-state index >= 15 is 0 Å². The molecule has 318 valence electrons. The van der Waals surface area contributed by atoms with E-state index in [1.165, 1.54) is 24.5 Å². The normalized spacial score (nSPS) is 14.2. The Hall–Kier alpha value is -8.01. The third kappa shape index (κ3) is 9.43. The molecule has 0 aliphatic heterocycles. The van der Waals surface area contributed by atoms with E-state index < -0.39 is 26.4 Å². The fourth-order valence-corrected chi connectivity index (χ4v) is 8.36. The Morgan fingerprint density at radius 3 is 1.24 bits per heavy atom. The molecule has 0 amide bonds. The quantitative estimate of drug-likeness (QED) is 0.116. The molecule has 66 heavy (non-hydrogen) atoms. The summed E-state index contributed by atoms with van der Waals surface area (Å²) >= 11 is 0. The van der Waals surface area contributed by atoms with Crippen LogP contribution in [-0.2, 0) is 25.6 Å². The van der Waals surface area contributed by atoms with Crippen LogP contribution >= 0.6 is 0 Å². The van der Waals surface area contributed by atoms with Gasteiger partial charge < -0.3 is 0 Å². The molecule has 10 aromatic rings. The molecular formula is C63H51N3. The van der Waals surface area contributed by atoms with Crippen molar-refractivity contribution in [1.82, 2.24) is 15.0 Å². The average molecular weight is 860 g/mol. The molecular weight excluding hydrogens is 799 g/mol.